The largest absolute Gasteiger partial charge is 0.463 e. The molecule has 0 bridgehead atoms. The molecular formula is C31H52O2. The van der Waals surface area contributed by atoms with Crippen LogP contribution >= 0.6 is 0 Å². The van der Waals surface area contributed by atoms with Crippen molar-refractivity contribution in [2.45, 2.75) is 125 Å². The fourth-order valence-electron chi connectivity index (χ4n) is 9.48. The lowest BCUT2D eigenvalue weighted by Crippen LogP contribution is -2.50. The minimum absolute atomic E-state index is 0.103. The minimum Gasteiger partial charge on any atom is -0.463 e. The molecule has 0 aromatic heterocycles. The van der Waals surface area contributed by atoms with Crippen molar-refractivity contribution in [1.29, 1.82) is 0 Å². The van der Waals surface area contributed by atoms with Crippen molar-refractivity contribution < 1.29 is 9.53 Å². The van der Waals surface area contributed by atoms with Gasteiger partial charge in [0.05, 0.1) is 0 Å². The van der Waals surface area contributed by atoms with E-state index in [4.69, 9.17) is 4.74 Å². The van der Waals surface area contributed by atoms with Crippen LogP contribution in [-0.4, -0.2) is 12.1 Å². The maximum Gasteiger partial charge on any atom is 0.302 e. The van der Waals surface area contributed by atoms with Crippen LogP contribution in [0, 0.1) is 52.3 Å². The second kappa shape index (κ2) is 9.69. The molecule has 0 N–H and O–H groups in total. The summed E-state index contributed by atoms with van der Waals surface area (Å²) in [4.78, 5) is 11.5. The van der Waals surface area contributed by atoms with Gasteiger partial charge in [-0.25, -0.2) is 0 Å². The minimum atomic E-state index is -0.103. The van der Waals surface area contributed by atoms with E-state index >= 15 is 0 Å². The number of ether oxygens (including phenoxy) is 1. The highest BCUT2D eigenvalue weighted by atomic mass is 16.5. The zero-order valence-corrected chi connectivity index (χ0v) is 22.8. The van der Waals surface area contributed by atoms with Crippen LogP contribution in [0.25, 0.3) is 0 Å². The Morgan fingerprint density at radius 3 is 2.39 bits per heavy atom. The van der Waals surface area contributed by atoms with Crippen molar-refractivity contribution in [3.63, 3.8) is 0 Å². The molecule has 4 aliphatic carbocycles. The number of carbonyl (C=O) groups excluding carboxylic acids is 1. The van der Waals surface area contributed by atoms with Crippen molar-refractivity contribution in [2.75, 3.05) is 0 Å². The molecule has 33 heavy (non-hydrogen) atoms. The van der Waals surface area contributed by atoms with E-state index in [9.17, 15) is 4.79 Å². The molecule has 0 aromatic rings. The van der Waals surface area contributed by atoms with Gasteiger partial charge in [-0.3, -0.25) is 4.79 Å². The molecule has 0 aliphatic heterocycles. The van der Waals surface area contributed by atoms with E-state index in [0.717, 1.165) is 48.3 Å². The van der Waals surface area contributed by atoms with Crippen molar-refractivity contribution in [1.82, 2.24) is 0 Å². The van der Waals surface area contributed by atoms with Crippen molar-refractivity contribution in [3.05, 3.63) is 11.6 Å². The number of fused-ring (bicyclic) bond motifs is 5. The third-order valence-electron chi connectivity index (χ3n) is 11.6. The Hall–Kier alpha value is -0.790. The van der Waals surface area contributed by atoms with Crippen LogP contribution in [-0.2, 0) is 9.53 Å². The normalized spacial score (nSPS) is 42.1. The molecule has 3 fully saturated rings. The van der Waals surface area contributed by atoms with Crippen LogP contribution in [0.15, 0.2) is 11.6 Å². The molecule has 0 saturated heterocycles. The topological polar surface area (TPSA) is 26.3 Å². The molecule has 0 amide bonds. The summed E-state index contributed by atoms with van der Waals surface area (Å²) in [5.41, 5.74) is 2.79. The Bertz CT molecular complexity index is 737. The molecule has 4 aliphatic rings. The molecule has 3 saturated carbocycles. The third-order valence-corrected chi connectivity index (χ3v) is 11.6. The number of hydrogen-bond donors (Lipinski definition) is 0. The summed E-state index contributed by atoms with van der Waals surface area (Å²) in [5, 5.41) is 0. The molecular weight excluding hydrogens is 404 g/mol. The Balaban J connectivity index is 1.46. The van der Waals surface area contributed by atoms with Gasteiger partial charge in [-0.15, -0.1) is 0 Å². The second-order valence-electron chi connectivity index (χ2n) is 13.4. The van der Waals surface area contributed by atoms with Crippen LogP contribution in [0.5, 0.6) is 0 Å². The zero-order valence-electron chi connectivity index (χ0n) is 22.8. The van der Waals surface area contributed by atoms with Crippen molar-refractivity contribution >= 4 is 5.97 Å². The molecule has 2 heteroatoms. The van der Waals surface area contributed by atoms with E-state index in [1.165, 1.54) is 57.8 Å². The van der Waals surface area contributed by atoms with E-state index in [0.29, 0.717) is 16.7 Å². The van der Waals surface area contributed by atoms with Crippen LogP contribution in [0.2, 0.25) is 0 Å². The lowest BCUT2D eigenvalue weighted by Gasteiger charge is -2.58. The summed E-state index contributed by atoms with van der Waals surface area (Å²) >= 11 is 0. The van der Waals surface area contributed by atoms with Crippen LogP contribution in [0.3, 0.4) is 0 Å². The standard InChI is InChI=1S/C31H52O2/c1-8-23(20(2)3)10-9-21(4)27-13-14-28-26-12-11-24-19-25(33-22(5)32)15-17-30(24,6)29(26)16-18-31(27,28)7/h12,20-21,23-25,27-29H,8-11,13-19H2,1-7H3. The molecule has 9 unspecified atom stereocenters. The van der Waals surface area contributed by atoms with Gasteiger partial charge in [-0.05, 0) is 110 Å². The molecule has 188 valence electrons. The predicted octanol–water partition coefficient (Wildman–Crippen LogP) is 8.60. The first kappa shape index (κ1) is 25.3. The molecule has 2 nitrogen and oxygen atoms in total. The maximum atomic E-state index is 11.5. The molecule has 0 aromatic carbocycles. The Kier molecular flexibility index (Phi) is 7.43. The van der Waals surface area contributed by atoms with Gasteiger partial charge in [0.15, 0.2) is 0 Å². The SMILES string of the molecule is CCC(CCC(C)C1CCC2C3=CCC4CC(OC(C)=O)CCC4(C)C3CCC21C)C(C)C. The number of esters is 1. The first-order chi connectivity index (χ1) is 15.6. The molecule has 0 radical (unpaired) electrons. The van der Waals surface area contributed by atoms with E-state index < -0.39 is 0 Å². The fraction of sp³-hybridized carbons (Fsp3) is 0.903. The van der Waals surface area contributed by atoms with Crippen molar-refractivity contribution in [2.24, 2.45) is 52.3 Å². The van der Waals surface area contributed by atoms with Gasteiger partial charge in [-0.2, -0.15) is 0 Å². The van der Waals surface area contributed by atoms with Gasteiger partial charge in [0.1, 0.15) is 6.10 Å². The van der Waals surface area contributed by atoms with E-state index in [1.54, 1.807) is 6.92 Å². The number of allylic oxidation sites excluding steroid dienone is 2. The summed E-state index contributed by atoms with van der Waals surface area (Å²) in [6.45, 7) is 16.6. The Morgan fingerprint density at radius 2 is 1.73 bits per heavy atom. The highest BCUT2D eigenvalue weighted by Gasteiger charge is 2.58. The van der Waals surface area contributed by atoms with Gasteiger partial charge in [-0.1, -0.05) is 66.0 Å². The van der Waals surface area contributed by atoms with E-state index in [2.05, 4.69) is 47.6 Å². The Morgan fingerprint density at radius 1 is 1.03 bits per heavy atom. The highest BCUT2D eigenvalue weighted by molar-refractivity contribution is 5.66. The number of rotatable bonds is 7. The molecule has 9 atom stereocenters. The number of carbonyl (C=O) groups is 1. The average molecular weight is 457 g/mol. The summed E-state index contributed by atoms with van der Waals surface area (Å²) in [6, 6.07) is 0. The lowest BCUT2D eigenvalue weighted by atomic mass is 9.47. The molecule has 0 heterocycles. The first-order valence-electron chi connectivity index (χ1n) is 14.5. The van der Waals surface area contributed by atoms with E-state index in [-0.39, 0.29) is 12.1 Å². The quantitative estimate of drug-likeness (QED) is 0.283. The summed E-state index contributed by atoms with van der Waals surface area (Å²) < 4.78 is 5.65. The van der Waals surface area contributed by atoms with E-state index in [1.807, 2.05) is 5.57 Å². The summed E-state index contributed by atoms with van der Waals surface area (Å²) in [5.74, 6) is 5.65. The van der Waals surface area contributed by atoms with Crippen LogP contribution in [0.4, 0.5) is 0 Å². The van der Waals surface area contributed by atoms with Crippen LogP contribution in [0.1, 0.15) is 119 Å². The lowest BCUT2D eigenvalue weighted by molar-refractivity contribution is -0.152. The number of hydrogen-bond acceptors (Lipinski definition) is 2. The average Bonchev–Trinajstić information content (AvgIpc) is 3.11. The molecule has 4 rings (SSSR count). The van der Waals surface area contributed by atoms with Crippen molar-refractivity contribution in [3.8, 4) is 0 Å². The van der Waals surface area contributed by atoms with Gasteiger partial charge < -0.3 is 4.74 Å². The van der Waals surface area contributed by atoms with Gasteiger partial charge in [0.2, 0.25) is 0 Å². The summed E-state index contributed by atoms with van der Waals surface area (Å²) in [7, 11) is 0. The van der Waals surface area contributed by atoms with Gasteiger partial charge in [0, 0.05) is 6.92 Å². The Labute approximate surface area is 204 Å². The predicted molar refractivity (Wildman–Crippen MR) is 138 cm³/mol. The first-order valence-corrected chi connectivity index (χ1v) is 14.5. The highest BCUT2D eigenvalue weighted by Crippen LogP contribution is 2.67. The maximum absolute atomic E-state index is 11.5. The van der Waals surface area contributed by atoms with Gasteiger partial charge >= 0.3 is 5.97 Å². The molecule has 0 spiro atoms. The fourth-order valence-corrected chi connectivity index (χ4v) is 9.48. The zero-order chi connectivity index (χ0) is 24.0. The monoisotopic (exact) mass is 456 g/mol. The summed E-state index contributed by atoms with van der Waals surface area (Å²) in [6.07, 6.45) is 17.3. The second-order valence-corrected chi connectivity index (χ2v) is 13.4. The van der Waals surface area contributed by atoms with Crippen LogP contribution < -0.4 is 0 Å². The smallest absolute Gasteiger partial charge is 0.302 e. The third kappa shape index (κ3) is 4.58. The van der Waals surface area contributed by atoms with Gasteiger partial charge in [0.25, 0.3) is 0 Å².